The van der Waals surface area contributed by atoms with Gasteiger partial charge < -0.3 is 9.84 Å². The number of thiophene rings is 1. The fraction of sp³-hybridized carbons (Fsp3) is 0.176. The highest BCUT2D eigenvalue weighted by molar-refractivity contribution is 7.16. The van der Waals surface area contributed by atoms with E-state index in [-0.39, 0.29) is 17.9 Å². The van der Waals surface area contributed by atoms with Crippen LogP contribution in [-0.4, -0.2) is 27.2 Å². The van der Waals surface area contributed by atoms with Crippen LogP contribution >= 0.6 is 11.3 Å². The minimum atomic E-state index is -0.170. The molecule has 0 atom stereocenters. The summed E-state index contributed by atoms with van der Waals surface area (Å²) in [5.41, 5.74) is 1.17. The predicted octanol–water partition coefficient (Wildman–Crippen LogP) is 1.96. The molecule has 4 aromatic rings. The molecule has 7 nitrogen and oxygen atoms in total. The van der Waals surface area contributed by atoms with Crippen LogP contribution in [0.15, 0.2) is 51.4 Å². The Morgan fingerprint density at radius 3 is 3.04 bits per heavy atom. The molecule has 4 rings (SSSR count). The third kappa shape index (κ3) is 3.03. The van der Waals surface area contributed by atoms with Crippen molar-refractivity contribution >= 4 is 38.4 Å². The smallest absolute Gasteiger partial charge is 0.262 e. The third-order valence-electron chi connectivity index (χ3n) is 3.91. The number of rotatable bonds is 5. The molecule has 0 aliphatic rings. The molecule has 0 radical (unpaired) electrons. The second kappa shape index (κ2) is 6.48. The Bertz CT molecular complexity index is 1110. The van der Waals surface area contributed by atoms with Gasteiger partial charge in [0.15, 0.2) is 5.58 Å². The van der Waals surface area contributed by atoms with E-state index in [1.165, 1.54) is 22.2 Å². The molecule has 0 aliphatic carbocycles. The average Bonchev–Trinajstić information content (AvgIpc) is 3.25. The van der Waals surface area contributed by atoms with Gasteiger partial charge in [-0.1, -0.05) is 17.3 Å². The standard InChI is InChI=1S/C17H14N4O3S/c22-15(9-13-11-3-1-2-4-14(11)24-20-13)18-6-7-21-10-19-16-12(17(21)23)5-8-25-16/h1-5,8,10H,6-7,9H2,(H,18,22). The molecule has 25 heavy (non-hydrogen) atoms. The van der Waals surface area contributed by atoms with Gasteiger partial charge in [-0.15, -0.1) is 11.3 Å². The van der Waals surface area contributed by atoms with Gasteiger partial charge in [0.05, 0.1) is 18.1 Å². The molecule has 1 aromatic carbocycles. The van der Waals surface area contributed by atoms with E-state index in [0.717, 1.165) is 10.2 Å². The van der Waals surface area contributed by atoms with E-state index in [1.807, 2.05) is 29.6 Å². The number of nitrogens with one attached hydrogen (secondary N) is 1. The lowest BCUT2D eigenvalue weighted by molar-refractivity contribution is -0.120. The van der Waals surface area contributed by atoms with Gasteiger partial charge in [0.1, 0.15) is 10.5 Å². The minimum Gasteiger partial charge on any atom is -0.356 e. The summed E-state index contributed by atoms with van der Waals surface area (Å²) in [6, 6.07) is 9.17. The highest BCUT2D eigenvalue weighted by atomic mass is 32.1. The highest BCUT2D eigenvalue weighted by Crippen LogP contribution is 2.18. The number of fused-ring (bicyclic) bond motifs is 2. The molecule has 8 heteroatoms. The zero-order chi connectivity index (χ0) is 17.2. The quantitative estimate of drug-likeness (QED) is 0.592. The fourth-order valence-corrected chi connectivity index (χ4v) is 3.37. The third-order valence-corrected chi connectivity index (χ3v) is 4.73. The van der Waals surface area contributed by atoms with Crippen LogP contribution in [0.25, 0.3) is 21.2 Å². The maximum Gasteiger partial charge on any atom is 0.262 e. The summed E-state index contributed by atoms with van der Waals surface area (Å²) >= 11 is 1.43. The van der Waals surface area contributed by atoms with Gasteiger partial charge >= 0.3 is 0 Å². The number of hydrogen-bond acceptors (Lipinski definition) is 6. The van der Waals surface area contributed by atoms with Crippen LogP contribution in [-0.2, 0) is 17.8 Å². The van der Waals surface area contributed by atoms with Crippen molar-refractivity contribution in [2.75, 3.05) is 6.54 Å². The Kier molecular flexibility index (Phi) is 4.02. The summed E-state index contributed by atoms with van der Waals surface area (Å²) in [4.78, 5) is 29.3. The maximum absolute atomic E-state index is 12.3. The van der Waals surface area contributed by atoms with Gasteiger partial charge in [-0.2, -0.15) is 0 Å². The van der Waals surface area contributed by atoms with E-state index in [0.29, 0.717) is 29.8 Å². The Morgan fingerprint density at radius 2 is 2.12 bits per heavy atom. The molecule has 0 fully saturated rings. The summed E-state index contributed by atoms with van der Waals surface area (Å²) in [6.07, 6.45) is 1.65. The zero-order valence-electron chi connectivity index (χ0n) is 13.1. The highest BCUT2D eigenvalue weighted by Gasteiger charge is 2.12. The second-order valence-electron chi connectivity index (χ2n) is 5.53. The fourth-order valence-electron chi connectivity index (χ4n) is 2.65. The number of carbonyl (C=O) groups is 1. The number of amides is 1. The molecule has 1 amide bonds. The van der Waals surface area contributed by atoms with Crippen LogP contribution in [0.1, 0.15) is 5.69 Å². The Balaban J connectivity index is 1.38. The summed E-state index contributed by atoms with van der Waals surface area (Å²) in [7, 11) is 0. The zero-order valence-corrected chi connectivity index (χ0v) is 14.0. The summed E-state index contributed by atoms with van der Waals surface area (Å²) in [6.45, 7) is 0.703. The minimum absolute atomic E-state index is 0.0944. The van der Waals surface area contributed by atoms with Gasteiger partial charge in [-0.3, -0.25) is 14.2 Å². The lowest BCUT2D eigenvalue weighted by Crippen LogP contribution is -2.31. The molecule has 0 unspecified atom stereocenters. The predicted molar refractivity (Wildman–Crippen MR) is 94.6 cm³/mol. The molecule has 3 heterocycles. The Hall–Kier alpha value is -3.00. The molecule has 126 valence electrons. The van der Waals surface area contributed by atoms with Crippen molar-refractivity contribution in [1.82, 2.24) is 20.0 Å². The first-order chi connectivity index (χ1) is 12.2. The molecule has 1 N–H and O–H groups in total. The Labute approximate surface area is 145 Å². The summed E-state index contributed by atoms with van der Waals surface area (Å²) in [5.74, 6) is -0.170. The van der Waals surface area contributed by atoms with Crippen molar-refractivity contribution in [2.24, 2.45) is 0 Å². The van der Waals surface area contributed by atoms with Crippen molar-refractivity contribution in [3.05, 3.63) is 58.1 Å². The molecule has 0 aliphatic heterocycles. The first-order valence-corrected chi connectivity index (χ1v) is 8.63. The van der Waals surface area contributed by atoms with Gasteiger partial charge in [0.2, 0.25) is 5.91 Å². The van der Waals surface area contributed by atoms with E-state index in [4.69, 9.17) is 4.52 Å². The van der Waals surface area contributed by atoms with Crippen molar-refractivity contribution < 1.29 is 9.32 Å². The van der Waals surface area contributed by atoms with E-state index < -0.39 is 0 Å². The number of carbonyl (C=O) groups excluding carboxylic acids is 1. The van der Waals surface area contributed by atoms with Crippen LogP contribution in [0.4, 0.5) is 0 Å². The van der Waals surface area contributed by atoms with Crippen molar-refractivity contribution in [2.45, 2.75) is 13.0 Å². The van der Waals surface area contributed by atoms with E-state index in [9.17, 15) is 9.59 Å². The summed E-state index contributed by atoms with van der Waals surface area (Å²) < 4.78 is 6.69. The average molecular weight is 354 g/mol. The SMILES string of the molecule is O=C(Cc1noc2ccccc12)NCCn1cnc2sccc2c1=O. The first-order valence-electron chi connectivity index (χ1n) is 7.75. The van der Waals surface area contributed by atoms with E-state index in [2.05, 4.69) is 15.5 Å². The van der Waals surface area contributed by atoms with Crippen LogP contribution in [0.3, 0.4) is 0 Å². The molecular formula is C17H14N4O3S. The number of benzene rings is 1. The topological polar surface area (TPSA) is 90.0 Å². The van der Waals surface area contributed by atoms with Crippen LogP contribution in [0.2, 0.25) is 0 Å². The van der Waals surface area contributed by atoms with Crippen molar-refractivity contribution in [3.8, 4) is 0 Å². The lowest BCUT2D eigenvalue weighted by Gasteiger charge is -2.06. The molecule has 0 bridgehead atoms. The number of aromatic nitrogens is 3. The van der Waals surface area contributed by atoms with Gasteiger partial charge in [-0.25, -0.2) is 4.98 Å². The van der Waals surface area contributed by atoms with Gasteiger partial charge in [0.25, 0.3) is 5.56 Å². The van der Waals surface area contributed by atoms with Crippen LogP contribution in [0.5, 0.6) is 0 Å². The first kappa shape index (κ1) is 15.5. The molecule has 0 saturated carbocycles. The molecule has 0 saturated heterocycles. The van der Waals surface area contributed by atoms with Crippen LogP contribution in [0, 0.1) is 0 Å². The van der Waals surface area contributed by atoms with E-state index >= 15 is 0 Å². The molecule has 3 aromatic heterocycles. The maximum atomic E-state index is 12.3. The van der Waals surface area contributed by atoms with Crippen molar-refractivity contribution in [1.29, 1.82) is 0 Å². The van der Waals surface area contributed by atoms with E-state index in [1.54, 1.807) is 6.07 Å². The largest absolute Gasteiger partial charge is 0.356 e. The Morgan fingerprint density at radius 1 is 1.24 bits per heavy atom. The monoisotopic (exact) mass is 354 g/mol. The number of nitrogens with zero attached hydrogens (tertiary/aromatic N) is 3. The molecule has 0 spiro atoms. The van der Waals surface area contributed by atoms with Gasteiger partial charge in [0, 0.05) is 18.5 Å². The summed E-state index contributed by atoms with van der Waals surface area (Å²) in [5, 5.41) is 10.0. The van der Waals surface area contributed by atoms with Crippen LogP contribution < -0.4 is 10.9 Å². The normalized spacial score (nSPS) is 11.2. The second-order valence-corrected chi connectivity index (χ2v) is 6.43. The molecular weight excluding hydrogens is 340 g/mol. The number of para-hydroxylation sites is 1. The lowest BCUT2D eigenvalue weighted by atomic mass is 10.1. The van der Waals surface area contributed by atoms with Gasteiger partial charge in [-0.05, 0) is 23.6 Å². The number of hydrogen-bond donors (Lipinski definition) is 1. The van der Waals surface area contributed by atoms with Crippen molar-refractivity contribution in [3.63, 3.8) is 0 Å².